The molecule has 1 aliphatic carbocycles. The van der Waals surface area contributed by atoms with E-state index in [0.29, 0.717) is 32.4 Å². The van der Waals surface area contributed by atoms with Gasteiger partial charge in [-0.3, -0.25) is 4.79 Å². The van der Waals surface area contributed by atoms with Gasteiger partial charge in [-0.1, -0.05) is 12.8 Å². The summed E-state index contributed by atoms with van der Waals surface area (Å²) in [5.74, 6) is -0.0564. The van der Waals surface area contributed by atoms with Gasteiger partial charge in [-0.05, 0) is 19.3 Å². The van der Waals surface area contributed by atoms with Gasteiger partial charge in [0.1, 0.15) is 5.41 Å². The minimum absolute atomic E-state index is 0.0564. The molecule has 1 heterocycles. The van der Waals surface area contributed by atoms with Crippen molar-refractivity contribution in [3.63, 3.8) is 0 Å². The lowest BCUT2D eigenvalue weighted by molar-refractivity contribution is -0.138. The van der Waals surface area contributed by atoms with E-state index in [-0.39, 0.29) is 5.91 Å². The maximum Gasteiger partial charge on any atom is 0.243 e. The molecule has 1 amide bonds. The Balaban J connectivity index is 2.09. The van der Waals surface area contributed by atoms with Crippen LogP contribution in [0.2, 0.25) is 0 Å². The summed E-state index contributed by atoms with van der Waals surface area (Å²) in [5.41, 5.74) is -0.774. The van der Waals surface area contributed by atoms with E-state index in [2.05, 4.69) is 6.07 Å². The molecule has 0 radical (unpaired) electrons. The highest BCUT2D eigenvalue weighted by molar-refractivity contribution is 5.86. The van der Waals surface area contributed by atoms with Crippen LogP contribution in [-0.4, -0.2) is 35.1 Å². The molecule has 1 aliphatic heterocycles. The zero-order valence-corrected chi connectivity index (χ0v) is 8.78. The van der Waals surface area contributed by atoms with Gasteiger partial charge in [-0.25, -0.2) is 0 Å². The summed E-state index contributed by atoms with van der Waals surface area (Å²) in [7, 11) is 0. The number of rotatable bonds is 1. The molecule has 0 unspecified atom stereocenters. The predicted molar refractivity (Wildman–Crippen MR) is 53.7 cm³/mol. The highest BCUT2D eigenvalue weighted by atomic mass is 16.3. The van der Waals surface area contributed by atoms with Gasteiger partial charge in [0.05, 0.1) is 12.2 Å². The van der Waals surface area contributed by atoms with Crippen molar-refractivity contribution in [2.75, 3.05) is 13.1 Å². The number of likely N-dealkylation sites (tertiary alicyclic amines) is 1. The molecule has 82 valence electrons. The smallest absolute Gasteiger partial charge is 0.243 e. The van der Waals surface area contributed by atoms with Gasteiger partial charge in [0.25, 0.3) is 0 Å². The third-order valence-corrected chi connectivity index (χ3v) is 3.53. The van der Waals surface area contributed by atoms with E-state index in [0.717, 1.165) is 12.8 Å². The molecule has 0 bridgehead atoms. The zero-order valence-electron chi connectivity index (χ0n) is 8.78. The summed E-state index contributed by atoms with van der Waals surface area (Å²) >= 11 is 0. The SMILES string of the molecule is N#CC1(C(=O)N2CC[C@@H](O)C2)CCCC1. The maximum atomic E-state index is 12.1. The molecule has 2 rings (SSSR count). The van der Waals surface area contributed by atoms with Crippen LogP contribution in [0.5, 0.6) is 0 Å². The lowest BCUT2D eigenvalue weighted by Crippen LogP contribution is -2.41. The lowest BCUT2D eigenvalue weighted by Gasteiger charge is -2.25. The van der Waals surface area contributed by atoms with Gasteiger partial charge in [0.15, 0.2) is 0 Å². The van der Waals surface area contributed by atoms with Crippen LogP contribution in [0.3, 0.4) is 0 Å². The Labute approximate surface area is 89.5 Å². The number of nitrogens with zero attached hydrogens (tertiary/aromatic N) is 2. The lowest BCUT2D eigenvalue weighted by atomic mass is 9.86. The van der Waals surface area contributed by atoms with Crippen molar-refractivity contribution in [3.05, 3.63) is 0 Å². The second-order valence-corrected chi connectivity index (χ2v) is 4.59. The highest BCUT2D eigenvalue weighted by Crippen LogP contribution is 2.39. The molecule has 0 aromatic heterocycles. The third-order valence-electron chi connectivity index (χ3n) is 3.53. The van der Waals surface area contributed by atoms with Crippen molar-refractivity contribution in [2.24, 2.45) is 5.41 Å². The molecular formula is C11H16N2O2. The maximum absolute atomic E-state index is 12.1. The van der Waals surface area contributed by atoms with E-state index < -0.39 is 11.5 Å². The third kappa shape index (κ3) is 1.72. The Kier molecular flexibility index (Phi) is 2.66. The van der Waals surface area contributed by atoms with Crippen molar-refractivity contribution >= 4 is 5.91 Å². The van der Waals surface area contributed by atoms with Crippen molar-refractivity contribution in [1.82, 2.24) is 4.90 Å². The molecule has 2 aliphatic rings. The fourth-order valence-corrected chi connectivity index (χ4v) is 2.58. The molecule has 1 saturated heterocycles. The largest absolute Gasteiger partial charge is 0.391 e. The molecule has 4 nitrogen and oxygen atoms in total. The van der Waals surface area contributed by atoms with E-state index >= 15 is 0 Å². The van der Waals surface area contributed by atoms with Gasteiger partial charge >= 0.3 is 0 Å². The number of β-amino-alcohol motifs (C(OH)–C–C–N with tert-alkyl or cyclic N) is 1. The number of aliphatic hydroxyl groups excluding tert-OH is 1. The van der Waals surface area contributed by atoms with Crippen LogP contribution >= 0.6 is 0 Å². The Hall–Kier alpha value is -1.08. The van der Waals surface area contributed by atoms with Crippen molar-refractivity contribution in [3.8, 4) is 6.07 Å². The van der Waals surface area contributed by atoms with Crippen LogP contribution in [-0.2, 0) is 4.79 Å². The van der Waals surface area contributed by atoms with Gasteiger partial charge in [-0.15, -0.1) is 0 Å². The number of amides is 1. The Morgan fingerprint density at radius 2 is 2.13 bits per heavy atom. The molecule has 0 aromatic rings. The van der Waals surface area contributed by atoms with E-state index in [1.54, 1.807) is 4.90 Å². The highest BCUT2D eigenvalue weighted by Gasteiger charge is 2.45. The van der Waals surface area contributed by atoms with Crippen LogP contribution in [0.15, 0.2) is 0 Å². The fraction of sp³-hybridized carbons (Fsp3) is 0.818. The summed E-state index contributed by atoms with van der Waals surface area (Å²) < 4.78 is 0. The summed E-state index contributed by atoms with van der Waals surface area (Å²) in [4.78, 5) is 13.8. The Bertz CT molecular complexity index is 302. The molecule has 2 fully saturated rings. The Morgan fingerprint density at radius 3 is 2.60 bits per heavy atom. The van der Waals surface area contributed by atoms with E-state index in [1.807, 2.05) is 0 Å². The van der Waals surface area contributed by atoms with Crippen LogP contribution in [0.1, 0.15) is 32.1 Å². The zero-order chi connectivity index (χ0) is 10.9. The van der Waals surface area contributed by atoms with E-state index in [4.69, 9.17) is 5.26 Å². The van der Waals surface area contributed by atoms with Gasteiger partial charge in [0.2, 0.25) is 5.91 Å². The number of hydrogen-bond donors (Lipinski definition) is 1. The van der Waals surface area contributed by atoms with Crippen molar-refractivity contribution < 1.29 is 9.90 Å². The molecule has 0 spiro atoms. The quantitative estimate of drug-likeness (QED) is 0.688. The molecule has 15 heavy (non-hydrogen) atoms. The molecule has 4 heteroatoms. The Morgan fingerprint density at radius 1 is 1.47 bits per heavy atom. The number of carbonyl (C=O) groups excluding carboxylic acids is 1. The first-order valence-corrected chi connectivity index (χ1v) is 5.57. The number of nitriles is 1. The monoisotopic (exact) mass is 208 g/mol. The van der Waals surface area contributed by atoms with Gasteiger partial charge in [0, 0.05) is 13.1 Å². The summed E-state index contributed by atoms with van der Waals surface area (Å²) in [6.45, 7) is 1.01. The second kappa shape index (κ2) is 3.82. The molecule has 0 aromatic carbocycles. The van der Waals surface area contributed by atoms with Gasteiger partial charge in [-0.2, -0.15) is 5.26 Å². The van der Waals surface area contributed by atoms with Crippen LogP contribution in [0.25, 0.3) is 0 Å². The normalized spacial score (nSPS) is 29.1. The summed E-state index contributed by atoms with van der Waals surface area (Å²) in [6, 6.07) is 2.20. The minimum Gasteiger partial charge on any atom is -0.391 e. The number of hydrogen-bond acceptors (Lipinski definition) is 3. The molecule has 1 saturated carbocycles. The average Bonchev–Trinajstić information content (AvgIpc) is 2.86. The number of aliphatic hydroxyl groups is 1. The van der Waals surface area contributed by atoms with Crippen molar-refractivity contribution in [2.45, 2.75) is 38.2 Å². The fourth-order valence-electron chi connectivity index (χ4n) is 2.58. The first-order chi connectivity index (χ1) is 7.18. The van der Waals surface area contributed by atoms with Crippen LogP contribution in [0, 0.1) is 16.7 Å². The average molecular weight is 208 g/mol. The van der Waals surface area contributed by atoms with Crippen LogP contribution < -0.4 is 0 Å². The summed E-state index contributed by atoms with van der Waals surface area (Å²) in [6.07, 6.45) is 3.56. The van der Waals surface area contributed by atoms with Crippen LogP contribution in [0.4, 0.5) is 0 Å². The topological polar surface area (TPSA) is 64.3 Å². The van der Waals surface area contributed by atoms with E-state index in [9.17, 15) is 9.90 Å². The first-order valence-electron chi connectivity index (χ1n) is 5.57. The first kappa shape index (κ1) is 10.4. The predicted octanol–water partition coefficient (Wildman–Crippen LogP) is 0.664. The minimum atomic E-state index is -0.774. The second-order valence-electron chi connectivity index (χ2n) is 4.59. The molecule has 1 atom stereocenters. The standard InChI is InChI=1S/C11H16N2O2/c12-8-11(4-1-2-5-11)10(15)13-6-3-9(14)7-13/h9,14H,1-7H2/t9-/m1/s1. The number of carbonyl (C=O) groups is 1. The van der Waals surface area contributed by atoms with Gasteiger partial charge < -0.3 is 10.0 Å². The van der Waals surface area contributed by atoms with Crippen molar-refractivity contribution in [1.29, 1.82) is 5.26 Å². The molecule has 1 N–H and O–H groups in total. The molecular weight excluding hydrogens is 192 g/mol. The van der Waals surface area contributed by atoms with E-state index in [1.165, 1.54) is 0 Å². The summed E-state index contributed by atoms with van der Waals surface area (Å²) in [5, 5.41) is 18.5.